The van der Waals surface area contributed by atoms with E-state index in [-0.39, 0.29) is 42.5 Å². The summed E-state index contributed by atoms with van der Waals surface area (Å²) in [5.74, 6) is -0.552. The molecule has 33 heavy (non-hydrogen) atoms. The molecule has 1 atom stereocenters. The van der Waals surface area contributed by atoms with Gasteiger partial charge in [0, 0.05) is 34.9 Å². The summed E-state index contributed by atoms with van der Waals surface area (Å²) in [6.45, 7) is 4.24. The summed E-state index contributed by atoms with van der Waals surface area (Å²) in [6.07, 6.45) is 2.66. The van der Waals surface area contributed by atoms with E-state index in [2.05, 4.69) is 20.9 Å². The maximum absolute atomic E-state index is 12.7. The summed E-state index contributed by atoms with van der Waals surface area (Å²) in [7, 11) is 0. The molecule has 0 bridgehead atoms. The molecule has 3 rings (SSSR count). The lowest BCUT2D eigenvalue weighted by molar-refractivity contribution is -0.127. The minimum Gasteiger partial charge on any atom is -0.384 e. The standard InChI is InChI=1S/C24H30N6O2.ClH/c1-15(2)22(30-18-7-5-6-16(12-18)23(25)26)24(32)29-14-21(31)27-11-10-17-13-28-20-9-4-3-8-19(17)20;/h3-9,12-13,15,22,28,30H,10-11,14H2,1-2H3,(H3,25,26)(H,27,31)(H,29,32);1H. The number of amidine groups is 1. The van der Waals surface area contributed by atoms with Crippen molar-refractivity contribution in [1.29, 1.82) is 5.41 Å². The second kappa shape index (κ2) is 11.9. The van der Waals surface area contributed by atoms with Crippen molar-refractivity contribution in [2.75, 3.05) is 18.4 Å². The maximum Gasteiger partial charge on any atom is 0.243 e. The molecule has 0 spiro atoms. The zero-order chi connectivity index (χ0) is 23.1. The SMILES string of the molecule is CC(C)C(Nc1cccc(C(=N)N)c1)C(=O)NCC(=O)NCCc1c[nH]c2ccccc12.Cl. The molecule has 8 nitrogen and oxygen atoms in total. The number of carbonyl (C=O) groups excluding carboxylic acids is 2. The Balaban J connectivity index is 0.00000385. The molecule has 0 radical (unpaired) electrons. The summed E-state index contributed by atoms with van der Waals surface area (Å²) in [5.41, 5.74) is 9.02. The molecule has 1 aromatic heterocycles. The fourth-order valence-electron chi connectivity index (χ4n) is 3.51. The van der Waals surface area contributed by atoms with Crippen molar-refractivity contribution >= 4 is 46.6 Å². The van der Waals surface area contributed by atoms with Gasteiger partial charge in [0.05, 0.1) is 6.54 Å². The van der Waals surface area contributed by atoms with Crippen LogP contribution in [0.3, 0.4) is 0 Å². The van der Waals surface area contributed by atoms with Gasteiger partial charge in [-0.15, -0.1) is 12.4 Å². The van der Waals surface area contributed by atoms with E-state index in [1.807, 2.05) is 50.4 Å². The Morgan fingerprint density at radius 3 is 2.58 bits per heavy atom. The molecule has 2 amide bonds. The van der Waals surface area contributed by atoms with E-state index in [1.165, 1.54) is 0 Å². The number of aromatic nitrogens is 1. The predicted molar refractivity (Wildman–Crippen MR) is 135 cm³/mol. The summed E-state index contributed by atoms with van der Waals surface area (Å²) in [4.78, 5) is 28.1. The molecular formula is C24H31ClN6O2. The van der Waals surface area contributed by atoms with E-state index in [4.69, 9.17) is 11.1 Å². The molecule has 0 saturated carbocycles. The number of H-pyrrole nitrogens is 1. The third-order valence-electron chi connectivity index (χ3n) is 5.26. The highest BCUT2D eigenvalue weighted by Gasteiger charge is 2.22. The third kappa shape index (κ3) is 6.98. The number of hydrogen-bond acceptors (Lipinski definition) is 4. The number of nitrogens with one attached hydrogen (secondary N) is 5. The highest BCUT2D eigenvalue weighted by molar-refractivity contribution is 5.96. The Hall–Kier alpha value is -3.52. The molecule has 1 heterocycles. The monoisotopic (exact) mass is 470 g/mol. The van der Waals surface area contributed by atoms with Crippen LogP contribution in [0.2, 0.25) is 0 Å². The molecule has 1 unspecified atom stereocenters. The van der Waals surface area contributed by atoms with E-state index in [1.54, 1.807) is 18.2 Å². The quantitative estimate of drug-likeness (QED) is 0.200. The lowest BCUT2D eigenvalue weighted by atomic mass is 10.0. The number of hydrogen-bond donors (Lipinski definition) is 6. The van der Waals surface area contributed by atoms with E-state index < -0.39 is 6.04 Å². The molecule has 0 saturated heterocycles. The van der Waals surface area contributed by atoms with Crippen LogP contribution in [-0.2, 0) is 16.0 Å². The van der Waals surface area contributed by atoms with Gasteiger partial charge in [0.1, 0.15) is 11.9 Å². The number of aromatic amines is 1. The minimum absolute atomic E-state index is 0. The van der Waals surface area contributed by atoms with Gasteiger partial charge in [0.25, 0.3) is 0 Å². The number of benzene rings is 2. The highest BCUT2D eigenvalue weighted by Crippen LogP contribution is 2.18. The van der Waals surface area contributed by atoms with E-state index in [9.17, 15) is 9.59 Å². The van der Waals surface area contributed by atoms with E-state index in [0.717, 1.165) is 16.5 Å². The number of fused-ring (bicyclic) bond motifs is 1. The number of amides is 2. The van der Waals surface area contributed by atoms with Crippen molar-refractivity contribution in [1.82, 2.24) is 15.6 Å². The minimum atomic E-state index is -0.531. The van der Waals surface area contributed by atoms with Crippen molar-refractivity contribution in [3.05, 3.63) is 65.9 Å². The average Bonchev–Trinajstić information content (AvgIpc) is 3.19. The predicted octanol–water partition coefficient (Wildman–Crippen LogP) is 2.79. The summed E-state index contributed by atoms with van der Waals surface area (Å²) in [6, 6.07) is 14.5. The molecule has 3 aromatic rings. The molecule has 176 valence electrons. The third-order valence-corrected chi connectivity index (χ3v) is 5.26. The fraction of sp³-hybridized carbons (Fsp3) is 0.292. The van der Waals surface area contributed by atoms with Crippen LogP contribution in [-0.4, -0.2) is 41.8 Å². The number of halogens is 1. The van der Waals surface area contributed by atoms with Crippen LogP contribution < -0.4 is 21.7 Å². The van der Waals surface area contributed by atoms with Gasteiger partial charge >= 0.3 is 0 Å². The highest BCUT2D eigenvalue weighted by atomic mass is 35.5. The van der Waals surface area contributed by atoms with Crippen molar-refractivity contribution in [2.24, 2.45) is 11.7 Å². The van der Waals surface area contributed by atoms with Crippen molar-refractivity contribution in [3.63, 3.8) is 0 Å². The van der Waals surface area contributed by atoms with Crippen LogP contribution in [0.4, 0.5) is 5.69 Å². The molecule has 2 aromatic carbocycles. The summed E-state index contributed by atoms with van der Waals surface area (Å²) < 4.78 is 0. The topological polar surface area (TPSA) is 136 Å². The van der Waals surface area contributed by atoms with Crippen molar-refractivity contribution < 1.29 is 9.59 Å². The molecule has 9 heteroatoms. The Kier molecular flexibility index (Phi) is 9.30. The van der Waals surface area contributed by atoms with Crippen LogP contribution in [0.5, 0.6) is 0 Å². The van der Waals surface area contributed by atoms with Crippen LogP contribution in [0, 0.1) is 11.3 Å². The number of rotatable bonds is 10. The molecule has 0 aliphatic carbocycles. The molecule has 0 fully saturated rings. The first-order valence-electron chi connectivity index (χ1n) is 10.7. The van der Waals surface area contributed by atoms with Crippen molar-refractivity contribution in [3.8, 4) is 0 Å². The first kappa shape index (κ1) is 25.7. The van der Waals surface area contributed by atoms with Gasteiger partial charge in [-0.1, -0.05) is 44.2 Å². The summed E-state index contributed by atoms with van der Waals surface area (Å²) >= 11 is 0. The number of carbonyl (C=O) groups is 2. The molecule has 7 N–H and O–H groups in total. The van der Waals surface area contributed by atoms with Gasteiger partial charge in [-0.3, -0.25) is 15.0 Å². The Morgan fingerprint density at radius 2 is 1.85 bits per heavy atom. The average molecular weight is 471 g/mol. The van der Waals surface area contributed by atoms with Gasteiger partial charge in [-0.25, -0.2) is 0 Å². The maximum atomic E-state index is 12.7. The summed E-state index contributed by atoms with van der Waals surface area (Å²) in [5, 5.41) is 17.4. The smallest absolute Gasteiger partial charge is 0.243 e. The fourth-order valence-corrected chi connectivity index (χ4v) is 3.51. The Bertz CT molecular complexity index is 1110. The van der Waals surface area contributed by atoms with Crippen LogP contribution in [0.25, 0.3) is 10.9 Å². The zero-order valence-electron chi connectivity index (χ0n) is 18.8. The molecule has 0 aliphatic heterocycles. The van der Waals surface area contributed by atoms with Gasteiger partial charge in [-0.05, 0) is 36.1 Å². The lowest BCUT2D eigenvalue weighted by Gasteiger charge is -2.23. The number of nitrogens with two attached hydrogens (primary N) is 1. The normalized spacial score (nSPS) is 11.5. The van der Waals surface area contributed by atoms with Crippen molar-refractivity contribution in [2.45, 2.75) is 26.3 Å². The first-order valence-corrected chi connectivity index (χ1v) is 10.7. The second-order valence-corrected chi connectivity index (χ2v) is 8.04. The van der Waals surface area contributed by atoms with Gasteiger partial charge in [0.2, 0.25) is 11.8 Å². The van der Waals surface area contributed by atoms with Crippen LogP contribution in [0.1, 0.15) is 25.0 Å². The van der Waals surface area contributed by atoms with Gasteiger partial charge < -0.3 is 26.7 Å². The molecule has 0 aliphatic rings. The number of anilines is 1. The van der Waals surface area contributed by atoms with E-state index in [0.29, 0.717) is 24.2 Å². The van der Waals surface area contributed by atoms with Gasteiger partial charge in [0.15, 0.2) is 0 Å². The second-order valence-electron chi connectivity index (χ2n) is 8.04. The van der Waals surface area contributed by atoms with Crippen LogP contribution >= 0.6 is 12.4 Å². The Morgan fingerprint density at radius 1 is 1.09 bits per heavy atom. The number of para-hydroxylation sites is 1. The first-order chi connectivity index (χ1) is 15.3. The zero-order valence-corrected chi connectivity index (χ0v) is 19.6. The lowest BCUT2D eigenvalue weighted by Crippen LogP contribution is -2.46. The van der Waals surface area contributed by atoms with Gasteiger partial charge in [-0.2, -0.15) is 0 Å². The molecular weight excluding hydrogens is 440 g/mol. The van der Waals surface area contributed by atoms with Crippen LogP contribution in [0.15, 0.2) is 54.7 Å². The largest absolute Gasteiger partial charge is 0.384 e. The number of nitrogen functional groups attached to an aromatic ring is 1. The van der Waals surface area contributed by atoms with E-state index >= 15 is 0 Å². The Labute approximate surface area is 199 Å².